The number of nitrogens with zero attached hydrogens (tertiary/aromatic N) is 1. The van der Waals surface area contributed by atoms with Crippen molar-refractivity contribution >= 4 is 29.1 Å². The largest absolute Gasteiger partial charge is 0.351 e. The van der Waals surface area contributed by atoms with Crippen LogP contribution in [0.2, 0.25) is 10.0 Å². The van der Waals surface area contributed by atoms with Crippen molar-refractivity contribution in [1.82, 2.24) is 5.32 Å². The highest BCUT2D eigenvalue weighted by Gasteiger charge is 2.14. The van der Waals surface area contributed by atoms with Crippen LogP contribution < -0.4 is 5.32 Å². The lowest BCUT2D eigenvalue weighted by molar-refractivity contribution is 0.0951. The maximum absolute atomic E-state index is 11.7. The molecule has 1 atom stereocenters. The number of amides is 1. The molecule has 0 radical (unpaired) electrons. The minimum absolute atomic E-state index is 0.245. The molecule has 0 bridgehead atoms. The van der Waals surface area contributed by atoms with E-state index in [1.165, 1.54) is 0 Å². The minimum Gasteiger partial charge on any atom is -0.351 e. The fraction of sp³-hybridized carbons (Fsp3) is 0.273. The minimum atomic E-state index is -0.363. The molecule has 0 aliphatic carbocycles. The third-order valence-corrected chi connectivity index (χ3v) is 2.61. The summed E-state index contributed by atoms with van der Waals surface area (Å²) in [4.78, 5) is 11.7. The zero-order valence-corrected chi connectivity index (χ0v) is 10.1. The van der Waals surface area contributed by atoms with Gasteiger partial charge in [0.25, 0.3) is 5.91 Å². The normalized spacial score (nSPS) is 11.6. The summed E-state index contributed by atoms with van der Waals surface area (Å²) in [6.45, 7) is 1.99. The van der Waals surface area contributed by atoms with Crippen LogP contribution in [0.4, 0.5) is 0 Å². The number of rotatable bonds is 3. The van der Waals surface area contributed by atoms with Crippen LogP contribution in [0.1, 0.15) is 17.3 Å². The molecule has 16 heavy (non-hydrogen) atoms. The van der Waals surface area contributed by atoms with Crippen LogP contribution in [0.3, 0.4) is 0 Å². The Bertz CT molecular complexity index is 420. The number of benzene rings is 1. The van der Waals surface area contributed by atoms with Crippen molar-refractivity contribution in [2.75, 3.05) is 6.54 Å². The molecule has 84 valence electrons. The Kier molecular flexibility index (Phi) is 4.60. The molecule has 0 saturated carbocycles. The van der Waals surface area contributed by atoms with Crippen LogP contribution in [-0.4, -0.2) is 12.5 Å². The maximum Gasteiger partial charge on any atom is 0.254 e. The summed E-state index contributed by atoms with van der Waals surface area (Å²) in [5.41, 5.74) is 0.246. The molecule has 1 unspecified atom stereocenters. The van der Waals surface area contributed by atoms with Crippen molar-refractivity contribution in [2.45, 2.75) is 6.92 Å². The van der Waals surface area contributed by atoms with Gasteiger partial charge in [-0.3, -0.25) is 4.79 Å². The Hall–Kier alpha value is -1.24. The molecule has 1 amide bonds. The van der Waals surface area contributed by atoms with E-state index in [-0.39, 0.29) is 23.9 Å². The van der Waals surface area contributed by atoms with Crippen molar-refractivity contribution < 1.29 is 4.79 Å². The molecule has 1 aromatic rings. The van der Waals surface area contributed by atoms with Gasteiger partial charge in [-0.15, -0.1) is 0 Å². The smallest absolute Gasteiger partial charge is 0.254 e. The van der Waals surface area contributed by atoms with Crippen LogP contribution >= 0.6 is 23.2 Å². The molecular formula is C11H10Cl2N2O. The highest BCUT2D eigenvalue weighted by molar-refractivity contribution is 6.39. The van der Waals surface area contributed by atoms with Crippen LogP contribution in [0, 0.1) is 17.2 Å². The Morgan fingerprint density at radius 1 is 1.50 bits per heavy atom. The topological polar surface area (TPSA) is 52.9 Å². The van der Waals surface area contributed by atoms with Gasteiger partial charge < -0.3 is 5.32 Å². The highest BCUT2D eigenvalue weighted by Crippen LogP contribution is 2.23. The Labute approximate surface area is 104 Å². The summed E-state index contributed by atoms with van der Waals surface area (Å²) in [6, 6.07) is 6.87. The zero-order chi connectivity index (χ0) is 12.1. The zero-order valence-electron chi connectivity index (χ0n) is 8.63. The van der Waals surface area contributed by atoms with Gasteiger partial charge in [0.1, 0.15) is 0 Å². The van der Waals surface area contributed by atoms with E-state index in [0.29, 0.717) is 10.0 Å². The molecule has 0 spiro atoms. The molecule has 0 aromatic heterocycles. The predicted octanol–water partition coefficient (Wildman–Crippen LogP) is 2.88. The van der Waals surface area contributed by atoms with Gasteiger partial charge in [-0.05, 0) is 19.1 Å². The third-order valence-electron chi connectivity index (χ3n) is 1.98. The number of hydrogen-bond donors (Lipinski definition) is 1. The van der Waals surface area contributed by atoms with Gasteiger partial charge in [-0.25, -0.2) is 0 Å². The highest BCUT2D eigenvalue weighted by atomic mass is 35.5. The lowest BCUT2D eigenvalue weighted by atomic mass is 10.2. The van der Waals surface area contributed by atoms with E-state index in [4.69, 9.17) is 28.5 Å². The fourth-order valence-corrected chi connectivity index (χ4v) is 1.66. The van der Waals surface area contributed by atoms with Crippen LogP contribution in [0.15, 0.2) is 18.2 Å². The number of nitriles is 1. The van der Waals surface area contributed by atoms with Crippen molar-refractivity contribution in [3.05, 3.63) is 33.8 Å². The van der Waals surface area contributed by atoms with Crippen molar-refractivity contribution in [2.24, 2.45) is 5.92 Å². The van der Waals surface area contributed by atoms with Crippen molar-refractivity contribution in [1.29, 1.82) is 5.26 Å². The van der Waals surface area contributed by atoms with Gasteiger partial charge in [0.2, 0.25) is 0 Å². The first-order valence-corrected chi connectivity index (χ1v) is 5.43. The van der Waals surface area contributed by atoms with E-state index in [0.717, 1.165) is 0 Å². The van der Waals surface area contributed by atoms with E-state index < -0.39 is 0 Å². The summed E-state index contributed by atoms with van der Waals surface area (Å²) >= 11 is 11.7. The van der Waals surface area contributed by atoms with E-state index >= 15 is 0 Å². The van der Waals surface area contributed by atoms with Gasteiger partial charge in [-0.2, -0.15) is 5.26 Å². The summed E-state index contributed by atoms with van der Waals surface area (Å²) in [5.74, 6) is -0.608. The quantitative estimate of drug-likeness (QED) is 0.905. The number of hydrogen-bond acceptors (Lipinski definition) is 2. The van der Waals surface area contributed by atoms with E-state index in [1.807, 2.05) is 6.07 Å². The first-order valence-electron chi connectivity index (χ1n) is 4.68. The average molecular weight is 257 g/mol. The molecule has 5 heteroatoms. The van der Waals surface area contributed by atoms with E-state index in [9.17, 15) is 4.79 Å². The van der Waals surface area contributed by atoms with Crippen molar-refractivity contribution in [3.8, 4) is 6.07 Å². The molecule has 1 N–H and O–H groups in total. The summed E-state index contributed by atoms with van der Waals surface area (Å²) in [6.07, 6.45) is 0. The molecule has 0 fully saturated rings. The lowest BCUT2D eigenvalue weighted by Crippen LogP contribution is -2.28. The predicted molar refractivity (Wildman–Crippen MR) is 63.6 cm³/mol. The van der Waals surface area contributed by atoms with Crippen LogP contribution in [-0.2, 0) is 0 Å². The molecule has 0 aliphatic heterocycles. The molecular weight excluding hydrogens is 247 g/mol. The summed E-state index contributed by atoms with van der Waals surface area (Å²) < 4.78 is 0. The number of carbonyl (C=O) groups is 1. The third kappa shape index (κ3) is 3.13. The van der Waals surface area contributed by atoms with Crippen LogP contribution in [0.25, 0.3) is 0 Å². The molecule has 3 nitrogen and oxygen atoms in total. The maximum atomic E-state index is 11.7. The molecule has 0 aliphatic rings. The second kappa shape index (κ2) is 5.74. The summed E-state index contributed by atoms with van der Waals surface area (Å²) in [7, 11) is 0. The Morgan fingerprint density at radius 3 is 2.56 bits per heavy atom. The molecule has 0 saturated heterocycles. The van der Waals surface area contributed by atoms with Gasteiger partial charge in [0.05, 0.1) is 27.6 Å². The summed E-state index contributed by atoms with van der Waals surface area (Å²) in [5, 5.41) is 11.8. The standard InChI is InChI=1S/C11H10Cl2N2O/c1-7(5-14)6-15-11(16)10-8(12)3-2-4-9(10)13/h2-4,7H,6H2,1H3,(H,15,16). The van der Waals surface area contributed by atoms with E-state index in [1.54, 1.807) is 25.1 Å². The van der Waals surface area contributed by atoms with E-state index in [2.05, 4.69) is 5.32 Å². The number of halogens is 2. The van der Waals surface area contributed by atoms with Crippen LogP contribution in [0.5, 0.6) is 0 Å². The monoisotopic (exact) mass is 256 g/mol. The second-order valence-corrected chi connectivity index (χ2v) is 4.15. The van der Waals surface area contributed by atoms with Gasteiger partial charge >= 0.3 is 0 Å². The molecule has 0 heterocycles. The molecule has 1 aromatic carbocycles. The number of nitrogens with one attached hydrogen (secondary N) is 1. The lowest BCUT2D eigenvalue weighted by Gasteiger charge is -2.08. The fourth-order valence-electron chi connectivity index (χ4n) is 1.09. The van der Waals surface area contributed by atoms with Gasteiger partial charge in [0.15, 0.2) is 0 Å². The SMILES string of the molecule is CC(C#N)CNC(=O)c1c(Cl)cccc1Cl. The van der Waals surface area contributed by atoms with Crippen molar-refractivity contribution in [3.63, 3.8) is 0 Å². The first-order chi connectivity index (χ1) is 7.56. The molecule has 1 rings (SSSR count). The Balaban J connectivity index is 2.78. The van der Waals surface area contributed by atoms with Gasteiger partial charge in [-0.1, -0.05) is 29.3 Å². The number of carbonyl (C=O) groups excluding carboxylic acids is 1. The van der Waals surface area contributed by atoms with Gasteiger partial charge in [0, 0.05) is 6.54 Å². The average Bonchev–Trinajstić information content (AvgIpc) is 2.25. The second-order valence-electron chi connectivity index (χ2n) is 3.34. The Morgan fingerprint density at radius 2 is 2.06 bits per heavy atom. The first kappa shape index (κ1) is 12.8.